The highest BCUT2D eigenvalue weighted by atomic mass is 16.5. The van der Waals surface area contributed by atoms with Crippen molar-refractivity contribution < 1.29 is 4.74 Å². The Kier molecular flexibility index (Phi) is 2.99. The highest BCUT2D eigenvalue weighted by Crippen LogP contribution is 2.39. The number of benzene rings is 1. The lowest BCUT2D eigenvalue weighted by Crippen LogP contribution is -2.24. The summed E-state index contributed by atoms with van der Waals surface area (Å²) in [5, 5.41) is 0. The minimum atomic E-state index is -0.00157. The fraction of sp³-hybridized carbons (Fsp3) is 0.312. The Morgan fingerprint density at radius 3 is 2.79 bits per heavy atom. The second kappa shape index (κ2) is 4.67. The summed E-state index contributed by atoms with van der Waals surface area (Å²) in [6.45, 7) is 4.05. The second-order valence-corrected chi connectivity index (χ2v) is 5.22. The van der Waals surface area contributed by atoms with Crippen LogP contribution < -0.4 is 10.5 Å². The summed E-state index contributed by atoms with van der Waals surface area (Å²) in [6, 6.07) is 10.3. The van der Waals surface area contributed by atoms with E-state index in [2.05, 4.69) is 30.1 Å². The van der Waals surface area contributed by atoms with E-state index in [4.69, 9.17) is 10.5 Å². The van der Waals surface area contributed by atoms with Crippen molar-refractivity contribution in [3.8, 4) is 5.75 Å². The molecule has 1 aliphatic heterocycles. The average molecular weight is 254 g/mol. The lowest BCUT2D eigenvalue weighted by molar-refractivity contribution is 0.161. The number of aryl methyl sites for hydroxylation is 2. The fourth-order valence-corrected chi connectivity index (χ4v) is 2.50. The van der Waals surface area contributed by atoms with Gasteiger partial charge in [0.1, 0.15) is 11.9 Å². The first-order valence-corrected chi connectivity index (χ1v) is 6.59. The predicted molar refractivity (Wildman–Crippen MR) is 75.1 cm³/mol. The summed E-state index contributed by atoms with van der Waals surface area (Å²) >= 11 is 0. The molecular formula is C16H18N2O. The largest absolute Gasteiger partial charge is 0.485 e. The first kappa shape index (κ1) is 12.2. The molecule has 0 spiro atoms. The quantitative estimate of drug-likeness (QED) is 0.850. The maximum Gasteiger partial charge on any atom is 0.127 e. The van der Waals surface area contributed by atoms with Crippen LogP contribution in [0.4, 0.5) is 0 Å². The number of ether oxygens (including phenoxy) is 1. The normalized spacial score (nSPS) is 21.6. The van der Waals surface area contributed by atoms with E-state index < -0.39 is 0 Å². The van der Waals surface area contributed by atoms with Crippen LogP contribution in [0.1, 0.15) is 41.0 Å². The maximum atomic E-state index is 6.27. The Balaban J connectivity index is 1.92. The molecule has 1 aliphatic rings. The Morgan fingerprint density at radius 1 is 1.21 bits per heavy atom. The van der Waals surface area contributed by atoms with Crippen molar-refractivity contribution in [3.05, 3.63) is 58.9 Å². The third-order valence-corrected chi connectivity index (χ3v) is 3.61. The van der Waals surface area contributed by atoms with Crippen molar-refractivity contribution in [2.45, 2.75) is 32.4 Å². The van der Waals surface area contributed by atoms with Gasteiger partial charge in [0.05, 0.1) is 0 Å². The summed E-state index contributed by atoms with van der Waals surface area (Å²) in [6.07, 6.45) is 2.67. The number of hydrogen-bond donors (Lipinski definition) is 1. The van der Waals surface area contributed by atoms with Gasteiger partial charge in [0.25, 0.3) is 0 Å². The van der Waals surface area contributed by atoms with Gasteiger partial charge in [-0.25, -0.2) is 0 Å². The van der Waals surface area contributed by atoms with Crippen LogP contribution in [-0.2, 0) is 0 Å². The Bertz CT molecular complexity index is 592. The van der Waals surface area contributed by atoms with E-state index in [0.717, 1.165) is 29.0 Å². The van der Waals surface area contributed by atoms with Crippen molar-refractivity contribution in [1.82, 2.24) is 4.98 Å². The SMILES string of the molecule is Cc1ccc2c(c1)C(N)CC(c1ccc(C)nc1)O2. The van der Waals surface area contributed by atoms with Gasteiger partial charge in [-0.3, -0.25) is 4.98 Å². The summed E-state index contributed by atoms with van der Waals surface area (Å²) in [5.74, 6) is 0.898. The monoisotopic (exact) mass is 254 g/mol. The molecule has 2 atom stereocenters. The van der Waals surface area contributed by atoms with Gasteiger partial charge in [-0.1, -0.05) is 23.8 Å². The molecule has 3 rings (SSSR count). The standard InChI is InChI=1S/C16H18N2O/c1-10-3-6-15-13(7-10)14(17)8-16(19-15)12-5-4-11(2)18-9-12/h3-7,9,14,16H,8,17H2,1-2H3. The van der Waals surface area contributed by atoms with E-state index in [0.29, 0.717) is 0 Å². The molecule has 0 bridgehead atoms. The lowest BCUT2D eigenvalue weighted by atomic mass is 9.93. The molecule has 98 valence electrons. The fourth-order valence-electron chi connectivity index (χ4n) is 2.50. The van der Waals surface area contributed by atoms with Gasteiger partial charge in [0, 0.05) is 35.5 Å². The summed E-state index contributed by atoms with van der Waals surface area (Å²) in [5.41, 5.74) is 10.7. The van der Waals surface area contributed by atoms with Crippen LogP contribution >= 0.6 is 0 Å². The number of nitrogens with two attached hydrogens (primary N) is 1. The van der Waals surface area contributed by atoms with Crippen LogP contribution in [0.5, 0.6) is 5.75 Å². The van der Waals surface area contributed by atoms with Gasteiger partial charge < -0.3 is 10.5 Å². The molecule has 19 heavy (non-hydrogen) atoms. The van der Waals surface area contributed by atoms with Crippen LogP contribution in [0.15, 0.2) is 36.5 Å². The topological polar surface area (TPSA) is 48.1 Å². The molecule has 1 aromatic heterocycles. The minimum Gasteiger partial charge on any atom is -0.485 e. The van der Waals surface area contributed by atoms with E-state index in [9.17, 15) is 0 Å². The van der Waals surface area contributed by atoms with Crippen molar-refractivity contribution in [1.29, 1.82) is 0 Å². The number of nitrogens with zero attached hydrogens (tertiary/aromatic N) is 1. The Labute approximate surface area is 113 Å². The molecule has 2 aromatic rings. The van der Waals surface area contributed by atoms with Gasteiger partial charge in [-0.2, -0.15) is 0 Å². The Hall–Kier alpha value is -1.87. The molecule has 2 heterocycles. The zero-order chi connectivity index (χ0) is 13.4. The molecular weight excluding hydrogens is 236 g/mol. The third kappa shape index (κ3) is 2.34. The smallest absolute Gasteiger partial charge is 0.127 e. The van der Waals surface area contributed by atoms with Gasteiger partial charge in [-0.15, -0.1) is 0 Å². The highest BCUT2D eigenvalue weighted by Gasteiger charge is 2.27. The molecule has 0 radical (unpaired) electrons. The molecule has 2 N–H and O–H groups in total. The average Bonchev–Trinajstić information content (AvgIpc) is 2.40. The molecule has 1 aromatic carbocycles. The van der Waals surface area contributed by atoms with Crippen LogP contribution in [0.25, 0.3) is 0 Å². The van der Waals surface area contributed by atoms with Crippen LogP contribution in [0.3, 0.4) is 0 Å². The van der Waals surface area contributed by atoms with Crippen LogP contribution in [0.2, 0.25) is 0 Å². The van der Waals surface area contributed by atoms with E-state index in [-0.39, 0.29) is 12.1 Å². The molecule has 3 nitrogen and oxygen atoms in total. The van der Waals surface area contributed by atoms with Gasteiger partial charge in [-0.05, 0) is 26.0 Å². The first-order chi connectivity index (χ1) is 9.13. The van der Waals surface area contributed by atoms with E-state index >= 15 is 0 Å². The van der Waals surface area contributed by atoms with Gasteiger partial charge in [0.2, 0.25) is 0 Å². The second-order valence-electron chi connectivity index (χ2n) is 5.22. The number of rotatable bonds is 1. The molecule has 0 aliphatic carbocycles. The van der Waals surface area contributed by atoms with Crippen molar-refractivity contribution in [2.24, 2.45) is 5.73 Å². The van der Waals surface area contributed by atoms with Crippen molar-refractivity contribution in [2.75, 3.05) is 0 Å². The van der Waals surface area contributed by atoms with Crippen molar-refractivity contribution >= 4 is 0 Å². The van der Waals surface area contributed by atoms with Crippen LogP contribution in [-0.4, -0.2) is 4.98 Å². The number of aromatic nitrogens is 1. The first-order valence-electron chi connectivity index (χ1n) is 6.59. The molecule has 0 fully saturated rings. The van der Waals surface area contributed by atoms with E-state index in [1.807, 2.05) is 25.3 Å². The summed E-state index contributed by atoms with van der Waals surface area (Å²) < 4.78 is 6.06. The third-order valence-electron chi connectivity index (χ3n) is 3.61. The molecule has 0 saturated carbocycles. The molecule has 2 unspecified atom stereocenters. The Morgan fingerprint density at radius 2 is 2.05 bits per heavy atom. The predicted octanol–water partition coefficient (Wildman–Crippen LogP) is 3.22. The lowest BCUT2D eigenvalue weighted by Gasteiger charge is -2.30. The van der Waals surface area contributed by atoms with E-state index in [1.165, 1.54) is 5.56 Å². The zero-order valence-electron chi connectivity index (χ0n) is 11.3. The van der Waals surface area contributed by atoms with Gasteiger partial charge >= 0.3 is 0 Å². The number of fused-ring (bicyclic) bond motifs is 1. The van der Waals surface area contributed by atoms with E-state index in [1.54, 1.807) is 0 Å². The summed E-state index contributed by atoms with van der Waals surface area (Å²) in [4.78, 5) is 4.33. The zero-order valence-corrected chi connectivity index (χ0v) is 11.3. The van der Waals surface area contributed by atoms with Crippen LogP contribution in [0, 0.1) is 13.8 Å². The number of pyridine rings is 1. The molecule has 0 saturated heterocycles. The van der Waals surface area contributed by atoms with Gasteiger partial charge in [0.15, 0.2) is 0 Å². The number of hydrogen-bond acceptors (Lipinski definition) is 3. The molecule has 3 heteroatoms. The maximum absolute atomic E-state index is 6.27. The highest BCUT2D eigenvalue weighted by molar-refractivity contribution is 5.41. The molecule has 0 amide bonds. The summed E-state index contributed by atoms with van der Waals surface area (Å²) in [7, 11) is 0. The minimum absolute atomic E-state index is 0.00157. The van der Waals surface area contributed by atoms with Crippen molar-refractivity contribution in [3.63, 3.8) is 0 Å².